The number of para-hydroxylation sites is 1. The van der Waals surface area contributed by atoms with Crippen LogP contribution in [0.25, 0.3) is 6.08 Å². The molecule has 0 bridgehead atoms. The number of halogens is 1. The average Bonchev–Trinajstić information content (AvgIpc) is 2.77. The number of aryl methyl sites for hydroxylation is 2. The summed E-state index contributed by atoms with van der Waals surface area (Å²) in [7, 11) is 1.77. The van der Waals surface area contributed by atoms with Gasteiger partial charge in [-0.25, -0.2) is 0 Å². The van der Waals surface area contributed by atoms with Crippen LogP contribution in [0.3, 0.4) is 0 Å². The smallest absolute Gasteiger partial charge is 0.248 e. The second-order valence-corrected chi connectivity index (χ2v) is 5.53. The minimum Gasteiger partial charge on any atom is -0.322 e. The lowest BCUT2D eigenvalue weighted by Gasteiger charge is -2.10. The van der Waals surface area contributed by atoms with E-state index in [4.69, 9.17) is 11.6 Å². The summed E-state index contributed by atoms with van der Waals surface area (Å²) in [6.45, 7) is 5.49. The second kappa shape index (κ2) is 7.94. The third kappa shape index (κ3) is 4.43. The van der Waals surface area contributed by atoms with Crippen molar-refractivity contribution in [3.8, 4) is 0 Å². The highest BCUT2D eigenvalue weighted by molar-refractivity contribution is 6.31. The molecule has 0 radical (unpaired) electrons. The van der Waals surface area contributed by atoms with E-state index in [1.54, 1.807) is 17.8 Å². The van der Waals surface area contributed by atoms with Gasteiger partial charge in [0.2, 0.25) is 5.91 Å². The topological polar surface area (TPSA) is 58.9 Å². The van der Waals surface area contributed by atoms with Crippen molar-refractivity contribution in [1.82, 2.24) is 15.1 Å². The Labute approximate surface area is 141 Å². The van der Waals surface area contributed by atoms with E-state index in [0.29, 0.717) is 11.7 Å². The molecule has 1 aromatic carbocycles. The molecular formula is C17H21ClN4O. The van der Waals surface area contributed by atoms with Gasteiger partial charge in [0.1, 0.15) is 5.15 Å². The van der Waals surface area contributed by atoms with Crippen LogP contribution in [0.2, 0.25) is 5.15 Å². The Morgan fingerprint density at radius 2 is 2.13 bits per heavy atom. The first-order chi connectivity index (χ1) is 11.0. The first kappa shape index (κ1) is 17.2. The molecule has 1 aromatic heterocycles. The number of hydrogen-bond acceptors (Lipinski definition) is 3. The molecule has 6 heteroatoms. The van der Waals surface area contributed by atoms with Crippen LogP contribution in [0, 0.1) is 6.92 Å². The van der Waals surface area contributed by atoms with Crippen molar-refractivity contribution >= 4 is 29.3 Å². The monoisotopic (exact) mass is 332 g/mol. The molecule has 0 spiro atoms. The van der Waals surface area contributed by atoms with Crippen LogP contribution >= 0.6 is 11.6 Å². The zero-order chi connectivity index (χ0) is 16.8. The zero-order valence-electron chi connectivity index (χ0n) is 13.6. The summed E-state index contributed by atoms with van der Waals surface area (Å²) in [5, 5.41) is 10.9. The van der Waals surface area contributed by atoms with Gasteiger partial charge >= 0.3 is 0 Å². The lowest BCUT2D eigenvalue weighted by atomic mass is 10.1. The maximum atomic E-state index is 12.2. The van der Waals surface area contributed by atoms with Crippen LogP contribution < -0.4 is 10.6 Å². The Bertz CT molecular complexity index is 721. The van der Waals surface area contributed by atoms with E-state index in [2.05, 4.69) is 15.7 Å². The minimum absolute atomic E-state index is 0.201. The van der Waals surface area contributed by atoms with Gasteiger partial charge < -0.3 is 10.6 Å². The van der Waals surface area contributed by atoms with Gasteiger partial charge in [-0.15, -0.1) is 0 Å². The Morgan fingerprint density at radius 1 is 1.39 bits per heavy atom. The fraction of sp³-hybridized carbons (Fsp3) is 0.294. The van der Waals surface area contributed by atoms with Crippen LogP contribution in [-0.2, 0) is 18.4 Å². The number of nitrogens with zero attached hydrogens (tertiary/aromatic N) is 2. The van der Waals surface area contributed by atoms with Crippen molar-refractivity contribution in [3.05, 3.63) is 52.3 Å². The van der Waals surface area contributed by atoms with Crippen molar-refractivity contribution in [2.45, 2.75) is 20.4 Å². The number of carbonyl (C=O) groups is 1. The number of anilines is 1. The molecular weight excluding hydrogens is 312 g/mol. The second-order valence-electron chi connectivity index (χ2n) is 5.17. The summed E-state index contributed by atoms with van der Waals surface area (Å²) in [5.74, 6) is -0.201. The van der Waals surface area contributed by atoms with Gasteiger partial charge in [0.15, 0.2) is 0 Å². The summed E-state index contributed by atoms with van der Waals surface area (Å²) in [5.41, 5.74) is 3.39. The molecule has 0 aliphatic carbocycles. The van der Waals surface area contributed by atoms with Gasteiger partial charge in [0.25, 0.3) is 0 Å². The SMILES string of the molecule is CCNCc1ccccc1NC(=O)C=Cc1c(C)nn(C)c1Cl. The summed E-state index contributed by atoms with van der Waals surface area (Å²) in [6.07, 6.45) is 3.16. The molecule has 0 aliphatic rings. The maximum absolute atomic E-state index is 12.2. The molecule has 1 heterocycles. The van der Waals surface area contributed by atoms with E-state index in [1.165, 1.54) is 6.08 Å². The van der Waals surface area contributed by atoms with E-state index in [-0.39, 0.29) is 5.91 Å². The molecule has 2 rings (SSSR count). The highest BCUT2D eigenvalue weighted by Crippen LogP contribution is 2.20. The number of hydrogen-bond donors (Lipinski definition) is 2. The number of benzene rings is 1. The molecule has 5 nitrogen and oxygen atoms in total. The molecule has 0 fully saturated rings. The fourth-order valence-electron chi connectivity index (χ4n) is 2.23. The third-order valence-electron chi connectivity index (χ3n) is 3.44. The summed E-state index contributed by atoms with van der Waals surface area (Å²) in [6, 6.07) is 7.73. The first-order valence-electron chi connectivity index (χ1n) is 7.49. The Balaban J connectivity index is 2.09. The molecule has 122 valence electrons. The summed E-state index contributed by atoms with van der Waals surface area (Å²) < 4.78 is 1.58. The van der Waals surface area contributed by atoms with E-state index in [9.17, 15) is 4.79 Å². The van der Waals surface area contributed by atoms with Crippen LogP contribution in [-0.4, -0.2) is 22.2 Å². The average molecular weight is 333 g/mol. The standard InChI is InChI=1S/C17H21ClN4O/c1-4-19-11-13-7-5-6-8-15(13)20-16(23)10-9-14-12(2)21-22(3)17(14)18/h5-10,19H,4,11H2,1-3H3,(H,20,23). The number of carbonyl (C=O) groups excluding carboxylic acids is 1. The van der Waals surface area contributed by atoms with Crippen LogP contribution in [0.5, 0.6) is 0 Å². The van der Waals surface area contributed by atoms with Gasteiger partial charge in [-0.1, -0.05) is 36.7 Å². The maximum Gasteiger partial charge on any atom is 0.248 e. The molecule has 0 unspecified atom stereocenters. The van der Waals surface area contributed by atoms with E-state index >= 15 is 0 Å². The summed E-state index contributed by atoms with van der Waals surface area (Å²) >= 11 is 6.15. The lowest BCUT2D eigenvalue weighted by molar-refractivity contribution is -0.111. The van der Waals surface area contributed by atoms with Gasteiger partial charge in [-0.05, 0) is 31.2 Å². The van der Waals surface area contributed by atoms with Crippen molar-refractivity contribution in [3.63, 3.8) is 0 Å². The Morgan fingerprint density at radius 3 is 2.78 bits per heavy atom. The highest BCUT2D eigenvalue weighted by atomic mass is 35.5. The van der Waals surface area contributed by atoms with Gasteiger partial charge in [0, 0.05) is 30.9 Å². The first-order valence-corrected chi connectivity index (χ1v) is 7.87. The molecule has 2 N–H and O–H groups in total. The fourth-order valence-corrected chi connectivity index (χ4v) is 2.46. The van der Waals surface area contributed by atoms with Crippen molar-refractivity contribution < 1.29 is 4.79 Å². The molecule has 0 saturated carbocycles. The van der Waals surface area contributed by atoms with Gasteiger partial charge in [0.05, 0.1) is 5.69 Å². The predicted molar refractivity (Wildman–Crippen MR) is 94.4 cm³/mol. The molecule has 23 heavy (non-hydrogen) atoms. The Kier molecular flexibility index (Phi) is 5.96. The lowest BCUT2D eigenvalue weighted by Crippen LogP contribution is -2.15. The highest BCUT2D eigenvalue weighted by Gasteiger charge is 2.09. The molecule has 2 aromatic rings. The number of aromatic nitrogens is 2. The molecule has 0 aliphatic heterocycles. The number of rotatable bonds is 6. The van der Waals surface area contributed by atoms with E-state index in [1.807, 2.05) is 38.1 Å². The quantitative estimate of drug-likeness (QED) is 0.799. The molecule has 0 atom stereocenters. The van der Waals surface area contributed by atoms with Crippen LogP contribution in [0.1, 0.15) is 23.7 Å². The zero-order valence-corrected chi connectivity index (χ0v) is 14.3. The predicted octanol–water partition coefficient (Wildman–Crippen LogP) is 3.14. The van der Waals surface area contributed by atoms with E-state index in [0.717, 1.165) is 29.1 Å². The van der Waals surface area contributed by atoms with Crippen LogP contribution in [0.15, 0.2) is 30.3 Å². The normalized spacial score (nSPS) is 11.1. The van der Waals surface area contributed by atoms with Gasteiger partial charge in [-0.3, -0.25) is 9.48 Å². The van der Waals surface area contributed by atoms with E-state index < -0.39 is 0 Å². The summed E-state index contributed by atoms with van der Waals surface area (Å²) in [4.78, 5) is 12.2. The third-order valence-corrected chi connectivity index (χ3v) is 3.89. The van der Waals surface area contributed by atoms with Crippen LogP contribution in [0.4, 0.5) is 5.69 Å². The largest absolute Gasteiger partial charge is 0.322 e. The number of amides is 1. The molecule has 0 saturated heterocycles. The number of nitrogens with one attached hydrogen (secondary N) is 2. The van der Waals surface area contributed by atoms with Crippen molar-refractivity contribution in [2.75, 3.05) is 11.9 Å². The van der Waals surface area contributed by atoms with Crippen molar-refractivity contribution in [1.29, 1.82) is 0 Å². The van der Waals surface area contributed by atoms with Gasteiger partial charge in [-0.2, -0.15) is 5.10 Å². The molecule has 1 amide bonds. The minimum atomic E-state index is -0.201. The Hall–Kier alpha value is -2.11. The van der Waals surface area contributed by atoms with Crippen molar-refractivity contribution in [2.24, 2.45) is 7.05 Å².